The van der Waals surface area contributed by atoms with E-state index in [0.717, 1.165) is 51.4 Å². The third-order valence-corrected chi connectivity index (χ3v) is 5.65. The summed E-state index contributed by atoms with van der Waals surface area (Å²) in [5.41, 5.74) is 6.30. The molecule has 0 radical (unpaired) electrons. The first-order chi connectivity index (χ1) is 13.8. The van der Waals surface area contributed by atoms with Crippen LogP contribution in [-0.2, 0) is 9.47 Å². The van der Waals surface area contributed by atoms with Gasteiger partial charge >= 0.3 is 0 Å². The number of para-hydroxylation sites is 1. The third kappa shape index (κ3) is 3.80. The normalized spacial score (nSPS) is 20.0. The number of hydrogen-bond acceptors (Lipinski definition) is 4. The third-order valence-electron chi connectivity index (χ3n) is 5.65. The van der Waals surface area contributed by atoms with Crippen molar-refractivity contribution in [2.45, 2.75) is 25.9 Å². The number of methoxy groups -OCH3 is 1. The molecule has 1 N–H and O–H groups in total. The molecule has 2 heterocycles. The van der Waals surface area contributed by atoms with E-state index in [1.165, 1.54) is 28.0 Å². The van der Waals surface area contributed by atoms with E-state index in [1.54, 1.807) is 7.11 Å². The van der Waals surface area contributed by atoms with Crippen molar-refractivity contribution in [1.29, 1.82) is 0 Å². The van der Waals surface area contributed by atoms with Crippen molar-refractivity contribution in [3.8, 4) is 0 Å². The molecule has 0 aromatic heterocycles. The van der Waals surface area contributed by atoms with Crippen molar-refractivity contribution in [2.24, 2.45) is 0 Å². The summed E-state index contributed by atoms with van der Waals surface area (Å²) >= 11 is 0. The van der Waals surface area contributed by atoms with E-state index < -0.39 is 0 Å². The number of nitrogens with one attached hydrogen (secondary N) is 1. The second-order valence-corrected chi connectivity index (χ2v) is 7.52. The summed E-state index contributed by atoms with van der Waals surface area (Å²) < 4.78 is 11.9. The number of nitrogens with zero attached hydrogens (tertiary/aromatic N) is 1. The van der Waals surface area contributed by atoms with Gasteiger partial charge < -0.3 is 19.7 Å². The lowest BCUT2D eigenvalue weighted by molar-refractivity contribution is 0.122. The van der Waals surface area contributed by atoms with Crippen LogP contribution >= 0.6 is 0 Å². The quantitative estimate of drug-likeness (QED) is 0.715. The van der Waals surface area contributed by atoms with Crippen molar-refractivity contribution in [3.05, 3.63) is 65.2 Å². The average molecular weight is 379 g/mol. The zero-order chi connectivity index (χ0) is 19.3. The molecule has 0 fully saturated rings. The van der Waals surface area contributed by atoms with Gasteiger partial charge in [-0.15, -0.1) is 0 Å². The highest BCUT2D eigenvalue weighted by atomic mass is 16.5. The first-order valence-corrected chi connectivity index (χ1v) is 10.4. The molecule has 0 bridgehead atoms. The molecule has 4 heteroatoms. The van der Waals surface area contributed by atoms with E-state index in [9.17, 15) is 0 Å². The minimum atomic E-state index is 0.119. The molecule has 4 nitrogen and oxygen atoms in total. The summed E-state index contributed by atoms with van der Waals surface area (Å²) in [6.45, 7) is 6.93. The lowest BCUT2D eigenvalue weighted by atomic mass is 9.98. The summed E-state index contributed by atoms with van der Waals surface area (Å²) in [5.74, 6) is 1.05. The maximum atomic E-state index is 6.59. The first kappa shape index (κ1) is 19.0. The van der Waals surface area contributed by atoms with Crippen LogP contribution < -0.4 is 5.32 Å². The Morgan fingerprint density at radius 3 is 2.64 bits per heavy atom. The Hall–Kier alpha value is -2.30. The highest BCUT2D eigenvalue weighted by molar-refractivity contribution is 5.98. The Bertz CT molecular complexity index is 846. The van der Waals surface area contributed by atoms with Crippen LogP contribution in [0.1, 0.15) is 42.6 Å². The molecule has 0 saturated carbocycles. The molecule has 1 unspecified atom stereocenters. The molecule has 1 atom stereocenters. The Morgan fingerprint density at radius 1 is 1.04 bits per heavy atom. The highest BCUT2D eigenvalue weighted by Gasteiger charge is 2.32. The average Bonchev–Trinajstić information content (AvgIpc) is 3.31. The summed E-state index contributed by atoms with van der Waals surface area (Å²) in [7, 11) is 1.77. The second kappa shape index (κ2) is 8.80. The van der Waals surface area contributed by atoms with Gasteiger partial charge in [0.2, 0.25) is 0 Å². The molecule has 2 aliphatic rings. The molecule has 148 valence electrons. The van der Waals surface area contributed by atoms with Gasteiger partial charge in [-0.1, -0.05) is 49.4 Å². The summed E-state index contributed by atoms with van der Waals surface area (Å²) in [5, 5.41) is 3.50. The number of fused-ring (bicyclic) bond motifs is 2. The standard InChI is InChI=1S/C24H30N2O2/c1-3-13-26(15-16-27-2)14-12-23-19-9-4-5-10-20(19)24(28-23)21-17-25-22-11-7-6-8-18(21)22/h4-11,23,25H,3,12-17H2,1-2H3. The molecule has 4 rings (SSSR count). The maximum Gasteiger partial charge on any atom is 0.133 e. The van der Waals surface area contributed by atoms with Crippen molar-refractivity contribution in [1.82, 2.24) is 4.90 Å². The van der Waals surface area contributed by atoms with Crippen molar-refractivity contribution < 1.29 is 9.47 Å². The van der Waals surface area contributed by atoms with Crippen LogP contribution in [-0.4, -0.2) is 44.8 Å². The van der Waals surface area contributed by atoms with Crippen LogP contribution in [0.15, 0.2) is 48.5 Å². The fourth-order valence-electron chi connectivity index (χ4n) is 4.26. The van der Waals surface area contributed by atoms with Gasteiger partial charge in [0, 0.05) is 61.1 Å². The fourth-order valence-corrected chi connectivity index (χ4v) is 4.26. The summed E-state index contributed by atoms with van der Waals surface area (Å²) in [6.07, 6.45) is 2.27. The van der Waals surface area contributed by atoms with Crippen LogP contribution in [0.3, 0.4) is 0 Å². The number of rotatable bonds is 8. The van der Waals surface area contributed by atoms with E-state index in [0.29, 0.717) is 0 Å². The van der Waals surface area contributed by atoms with Gasteiger partial charge in [-0.25, -0.2) is 0 Å². The molecule has 2 aromatic rings. The fraction of sp³-hybridized carbons (Fsp3) is 0.417. The van der Waals surface area contributed by atoms with Crippen molar-refractivity contribution in [3.63, 3.8) is 0 Å². The van der Waals surface area contributed by atoms with E-state index in [2.05, 4.69) is 65.7 Å². The lowest BCUT2D eigenvalue weighted by Gasteiger charge is -2.23. The van der Waals surface area contributed by atoms with Crippen molar-refractivity contribution in [2.75, 3.05) is 45.2 Å². The molecule has 0 saturated heterocycles. The van der Waals surface area contributed by atoms with Gasteiger partial charge in [-0.05, 0) is 19.0 Å². The predicted molar refractivity (Wildman–Crippen MR) is 115 cm³/mol. The topological polar surface area (TPSA) is 33.7 Å². The smallest absolute Gasteiger partial charge is 0.133 e. The van der Waals surface area contributed by atoms with E-state index in [1.807, 2.05) is 0 Å². The van der Waals surface area contributed by atoms with Crippen LogP contribution in [0.2, 0.25) is 0 Å². The van der Waals surface area contributed by atoms with Gasteiger partial charge in [0.25, 0.3) is 0 Å². The van der Waals surface area contributed by atoms with Crippen LogP contribution in [0.4, 0.5) is 5.69 Å². The largest absolute Gasteiger partial charge is 0.485 e. The van der Waals surface area contributed by atoms with E-state index in [-0.39, 0.29) is 6.10 Å². The second-order valence-electron chi connectivity index (χ2n) is 7.52. The molecule has 28 heavy (non-hydrogen) atoms. The SMILES string of the molecule is CCCN(CCOC)CCC1OC(=C2CNc3ccccc32)c2ccccc21. The van der Waals surface area contributed by atoms with Gasteiger partial charge in [0.05, 0.1) is 6.61 Å². The zero-order valence-electron chi connectivity index (χ0n) is 16.9. The van der Waals surface area contributed by atoms with Crippen LogP contribution in [0, 0.1) is 0 Å². The monoisotopic (exact) mass is 378 g/mol. The Morgan fingerprint density at radius 2 is 1.82 bits per heavy atom. The maximum absolute atomic E-state index is 6.59. The minimum absolute atomic E-state index is 0.119. The van der Waals surface area contributed by atoms with Crippen molar-refractivity contribution >= 4 is 17.0 Å². The number of ether oxygens (including phenoxy) is 2. The molecular formula is C24H30N2O2. The van der Waals surface area contributed by atoms with Crippen LogP contribution in [0.5, 0.6) is 0 Å². The molecule has 0 amide bonds. The van der Waals surface area contributed by atoms with E-state index in [4.69, 9.17) is 9.47 Å². The van der Waals surface area contributed by atoms with Crippen LogP contribution in [0.25, 0.3) is 11.3 Å². The van der Waals surface area contributed by atoms with Gasteiger partial charge in [0.1, 0.15) is 11.9 Å². The number of benzene rings is 2. The molecular weight excluding hydrogens is 348 g/mol. The van der Waals surface area contributed by atoms with Gasteiger partial charge in [0.15, 0.2) is 0 Å². The summed E-state index contributed by atoms with van der Waals surface area (Å²) in [6, 6.07) is 17.2. The Labute approximate surface area is 168 Å². The Kier molecular flexibility index (Phi) is 5.98. The molecule has 2 aliphatic heterocycles. The minimum Gasteiger partial charge on any atom is -0.485 e. The predicted octanol–water partition coefficient (Wildman–Crippen LogP) is 4.80. The zero-order valence-corrected chi connectivity index (χ0v) is 16.9. The van der Waals surface area contributed by atoms with Gasteiger partial charge in [-0.3, -0.25) is 0 Å². The van der Waals surface area contributed by atoms with E-state index >= 15 is 0 Å². The molecule has 0 aliphatic carbocycles. The molecule has 2 aromatic carbocycles. The number of hydrogen-bond donors (Lipinski definition) is 1. The first-order valence-electron chi connectivity index (χ1n) is 10.4. The highest BCUT2D eigenvalue weighted by Crippen LogP contribution is 2.46. The number of anilines is 1. The summed E-state index contributed by atoms with van der Waals surface area (Å²) in [4.78, 5) is 2.48. The lowest BCUT2D eigenvalue weighted by Crippen LogP contribution is -2.30. The Balaban J connectivity index is 1.56. The van der Waals surface area contributed by atoms with Gasteiger partial charge in [-0.2, -0.15) is 0 Å². The molecule has 0 spiro atoms.